The zero-order chi connectivity index (χ0) is 20.8. The van der Waals surface area contributed by atoms with Crippen LogP contribution in [0.4, 0.5) is 5.69 Å². The number of methoxy groups -OCH3 is 2. The van der Waals surface area contributed by atoms with Gasteiger partial charge in [-0.25, -0.2) is 9.59 Å². The van der Waals surface area contributed by atoms with Gasteiger partial charge in [-0.05, 0) is 13.8 Å². The number of dihydropyridines is 1. The summed E-state index contributed by atoms with van der Waals surface area (Å²) in [4.78, 5) is 36.4. The first kappa shape index (κ1) is 21.1. The summed E-state index contributed by atoms with van der Waals surface area (Å²) in [7, 11) is 2.65. The second-order valence-electron chi connectivity index (χ2n) is 5.95. The third kappa shape index (κ3) is 4.04. The predicted octanol–water partition coefficient (Wildman–Crippen LogP) is 2.19. The van der Waals surface area contributed by atoms with Crippen molar-refractivity contribution in [2.75, 3.05) is 27.4 Å². The van der Waals surface area contributed by atoms with Crippen LogP contribution in [-0.2, 0) is 23.8 Å². The molecule has 0 aliphatic carbocycles. The van der Waals surface area contributed by atoms with Crippen molar-refractivity contribution < 1.29 is 28.7 Å². The molecule has 1 heterocycles. The normalized spacial score (nSPS) is 16.5. The van der Waals surface area contributed by atoms with E-state index in [1.165, 1.54) is 32.4 Å². The van der Waals surface area contributed by atoms with Gasteiger partial charge in [0.1, 0.15) is 0 Å². The van der Waals surface area contributed by atoms with Crippen molar-refractivity contribution in [1.82, 2.24) is 5.32 Å². The van der Waals surface area contributed by atoms with Crippen molar-refractivity contribution in [1.29, 1.82) is 0 Å². The lowest BCUT2D eigenvalue weighted by atomic mass is 9.79. The second kappa shape index (κ2) is 9.14. The van der Waals surface area contributed by atoms with Crippen LogP contribution in [0, 0.1) is 10.1 Å². The van der Waals surface area contributed by atoms with E-state index in [-0.39, 0.29) is 35.6 Å². The zero-order valence-electron chi connectivity index (χ0n) is 16.1. The number of carbonyl (C=O) groups excluding carboxylic acids is 2. The highest BCUT2D eigenvalue weighted by Crippen LogP contribution is 2.42. The number of nitro benzene ring substituents is 1. The molecule has 0 fully saturated rings. The van der Waals surface area contributed by atoms with E-state index in [2.05, 4.69) is 5.32 Å². The first-order chi connectivity index (χ1) is 13.4. The summed E-state index contributed by atoms with van der Waals surface area (Å²) >= 11 is 0. The number of hydrogen-bond donors (Lipinski definition) is 1. The number of benzene rings is 1. The number of ether oxygens (including phenoxy) is 3. The number of esters is 2. The Morgan fingerprint density at radius 2 is 1.86 bits per heavy atom. The van der Waals surface area contributed by atoms with Crippen molar-refractivity contribution in [2.45, 2.75) is 19.8 Å². The van der Waals surface area contributed by atoms with Gasteiger partial charge >= 0.3 is 11.9 Å². The molecule has 2 rings (SSSR count). The molecule has 0 amide bonds. The van der Waals surface area contributed by atoms with Crippen LogP contribution in [0.5, 0.6) is 0 Å². The summed E-state index contributed by atoms with van der Waals surface area (Å²) in [5.41, 5.74) is 0.917. The minimum Gasteiger partial charge on any atom is -0.466 e. The largest absolute Gasteiger partial charge is 0.466 e. The van der Waals surface area contributed by atoms with E-state index in [1.807, 2.05) is 0 Å². The first-order valence-electron chi connectivity index (χ1n) is 8.55. The molecule has 1 aliphatic rings. The van der Waals surface area contributed by atoms with Crippen LogP contribution >= 0.6 is 0 Å². The van der Waals surface area contributed by atoms with Crippen molar-refractivity contribution in [3.05, 3.63) is 62.5 Å². The Labute approximate surface area is 162 Å². The Hall–Kier alpha value is -3.20. The number of nitrogens with one attached hydrogen (secondary N) is 1. The predicted molar refractivity (Wildman–Crippen MR) is 99.2 cm³/mol. The summed E-state index contributed by atoms with van der Waals surface area (Å²) < 4.78 is 15.2. The molecule has 9 heteroatoms. The lowest BCUT2D eigenvalue weighted by Crippen LogP contribution is -2.34. The van der Waals surface area contributed by atoms with E-state index in [1.54, 1.807) is 19.9 Å². The molecule has 0 spiro atoms. The molecule has 0 radical (unpaired) electrons. The summed E-state index contributed by atoms with van der Waals surface area (Å²) in [6.07, 6.45) is 0. The van der Waals surface area contributed by atoms with Gasteiger partial charge in [-0.2, -0.15) is 0 Å². The van der Waals surface area contributed by atoms with Gasteiger partial charge in [0.15, 0.2) is 0 Å². The minimum absolute atomic E-state index is 0.0228. The Bertz CT molecular complexity index is 858. The fourth-order valence-electron chi connectivity index (χ4n) is 3.19. The summed E-state index contributed by atoms with van der Waals surface area (Å²) in [5, 5.41) is 14.6. The molecule has 1 N–H and O–H groups in total. The highest BCUT2D eigenvalue weighted by Gasteiger charge is 2.41. The molecular formula is C19H22N2O7. The summed E-state index contributed by atoms with van der Waals surface area (Å²) in [5.74, 6) is -2.44. The van der Waals surface area contributed by atoms with Crippen molar-refractivity contribution in [3.63, 3.8) is 0 Å². The van der Waals surface area contributed by atoms with Crippen LogP contribution in [0.1, 0.15) is 25.3 Å². The maximum absolute atomic E-state index is 12.7. The van der Waals surface area contributed by atoms with E-state index in [9.17, 15) is 19.7 Å². The van der Waals surface area contributed by atoms with Crippen LogP contribution in [0.15, 0.2) is 46.8 Å². The smallest absolute Gasteiger partial charge is 0.336 e. The molecule has 1 atom stereocenters. The molecule has 1 aromatic carbocycles. The summed E-state index contributed by atoms with van der Waals surface area (Å²) in [6, 6.07) is 5.95. The molecule has 1 aliphatic heterocycles. The van der Waals surface area contributed by atoms with Gasteiger partial charge in [-0.1, -0.05) is 18.2 Å². The highest BCUT2D eigenvalue weighted by atomic mass is 16.6. The summed E-state index contributed by atoms with van der Waals surface area (Å²) in [6.45, 7) is 3.42. The topological polar surface area (TPSA) is 117 Å². The van der Waals surface area contributed by atoms with Gasteiger partial charge in [0.25, 0.3) is 5.69 Å². The van der Waals surface area contributed by atoms with E-state index >= 15 is 0 Å². The average molecular weight is 390 g/mol. The Kier molecular flexibility index (Phi) is 6.89. The number of nitrogens with zero attached hydrogens (tertiary/aromatic N) is 1. The van der Waals surface area contributed by atoms with Crippen LogP contribution < -0.4 is 5.32 Å². The van der Waals surface area contributed by atoms with Crippen LogP contribution in [0.2, 0.25) is 0 Å². The number of rotatable bonds is 7. The van der Waals surface area contributed by atoms with Gasteiger partial charge in [-0.3, -0.25) is 10.1 Å². The molecule has 0 bridgehead atoms. The third-order valence-electron chi connectivity index (χ3n) is 4.28. The Balaban J connectivity index is 2.82. The van der Waals surface area contributed by atoms with Gasteiger partial charge < -0.3 is 19.5 Å². The molecule has 0 saturated carbocycles. The molecule has 1 aromatic rings. The van der Waals surface area contributed by atoms with Crippen LogP contribution in [0.25, 0.3) is 0 Å². The number of carbonyl (C=O) groups is 2. The second-order valence-corrected chi connectivity index (χ2v) is 5.95. The van der Waals surface area contributed by atoms with Crippen LogP contribution in [-0.4, -0.2) is 44.3 Å². The Morgan fingerprint density at radius 1 is 1.18 bits per heavy atom. The molecular weight excluding hydrogens is 368 g/mol. The molecule has 1 unspecified atom stereocenters. The van der Waals surface area contributed by atoms with Crippen LogP contribution in [0.3, 0.4) is 0 Å². The molecule has 9 nitrogen and oxygen atoms in total. The maximum atomic E-state index is 12.7. The van der Waals surface area contributed by atoms with Crippen molar-refractivity contribution in [2.24, 2.45) is 0 Å². The van der Waals surface area contributed by atoms with Crippen molar-refractivity contribution >= 4 is 17.6 Å². The van der Waals surface area contributed by atoms with Crippen molar-refractivity contribution in [3.8, 4) is 0 Å². The number of para-hydroxylation sites is 1. The molecule has 0 aromatic heterocycles. The number of hydrogen-bond acceptors (Lipinski definition) is 8. The first-order valence-corrected chi connectivity index (χ1v) is 8.55. The molecule has 28 heavy (non-hydrogen) atoms. The van der Waals surface area contributed by atoms with Gasteiger partial charge in [-0.15, -0.1) is 0 Å². The third-order valence-corrected chi connectivity index (χ3v) is 4.28. The zero-order valence-corrected chi connectivity index (χ0v) is 16.1. The molecule has 150 valence electrons. The maximum Gasteiger partial charge on any atom is 0.336 e. The van der Waals surface area contributed by atoms with Gasteiger partial charge in [0.05, 0.1) is 48.0 Å². The lowest BCUT2D eigenvalue weighted by molar-refractivity contribution is -0.385. The lowest BCUT2D eigenvalue weighted by Gasteiger charge is -2.30. The van der Waals surface area contributed by atoms with E-state index in [0.29, 0.717) is 11.4 Å². The van der Waals surface area contributed by atoms with E-state index in [4.69, 9.17) is 14.2 Å². The quantitative estimate of drug-likeness (QED) is 0.428. The van der Waals surface area contributed by atoms with E-state index in [0.717, 1.165) is 0 Å². The monoisotopic (exact) mass is 390 g/mol. The fraction of sp³-hybridized carbons (Fsp3) is 0.368. The number of allylic oxidation sites excluding steroid dienone is 1. The van der Waals surface area contributed by atoms with Gasteiger partial charge in [0, 0.05) is 24.4 Å². The van der Waals surface area contributed by atoms with E-state index < -0.39 is 22.8 Å². The minimum atomic E-state index is -1.04. The van der Waals surface area contributed by atoms with Gasteiger partial charge in [0.2, 0.25) is 0 Å². The average Bonchev–Trinajstić information content (AvgIpc) is 2.67. The Morgan fingerprint density at radius 3 is 2.43 bits per heavy atom. The standard InChI is InChI=1S/C19H22N2O7/c1-5-28-19(23)15-11(2)20-13(10-26-3)17(18(22)27-4)16(15)12-8-6-7-9-14(12)21(24)25/h6-9,16,20H,5,10H2,1-4H3. The molecule has 0 saturated heterocycles. The fourth-order valence-corrected chi connectivity index (χ4v) is 3.19. The highest BCUT2D eigenvalue weighted by molar-refractivity contribution is 6.00. The number of nitro groups is 1. The SMILES string of the molecule is CCOC(=O)C1=C(C)NC(COC)=C(C(=O)OC)C1c1ccccc1[N+](=O)[O-].